The number of fused-ring (bicyclic) bond motifs is 2. The summed E-state index contributed by atoms with van der Waals surface area (Å²) in [5, 5.41) is -0.164. The summed E-state index contributed by atoms with van der Waals surface area (Å²) in [6, 6.07) is 8.91. The minimum absolute atomic E-state index is 0.164. The highest BCUT2D eigenvalue weighted by Crippen LogP contribution is 2.50. The molecule has 0 heterocycles. The quantitative estimate of drug-likeness (QED) is 0.730. The van der Waals surface area contributed by atoms with Crippen molar-refractivity contribution in [3.05, 3.63) is 35.4 Å². The SMILES string of the molecule is O=C(Cl)CC1CCC2(CCc3ccccc32)CC1. The number of halogens is 1. The van der Waals surface area contributed by atoms with Crippen LogP contribution in [-0.2, 0) is 16.6 Å². The number of aryl methyl sites for hydroxylation is 1. The van der Waals surface area contributed by atoms with Crippen molar-refractivity contribution < 1.29 is 4.79 Å². The van der Waals surface area contributed by atoms with Gasteiger partial charge in [-0.15, -0.1) is 0 Å². The van der Waals surface area contributed by atoms with Gasteiger partial charge in [-0.25, -0.2) is 0 Å². The van der Waals surface area contributed by atoms with Crippen LogP contribution in [0.25, 0.3) is 0 Å². The van der Waals surface area contributed by atoms with Gasteiger partial charge in [0.05, 0.1) is 0 Å². The molecule has 1 spiro atoms. The molecule has 3 rings (SSSR count). The van der Waals surface area contributed by atoms with Crippen molar-refractivity contribution in [2.75, 3.05) is 0 Å². The summed E-state index contributed by atoms with van der Waals surface area (Å²) in [5.74, 6) is 0.522. The molecule has 1 saturated carbocycles. The van der Waals surface area contributed by atoms with Gasteiger partial charge in [-0.1, -0.05) is 24.3 Å². The van der Waals surface area contributed by atoms with Crippen LogP contribution in [0.4, 0.5) is 0 Å². The largest absolute Gasteiger partial charge is 0.281 e. The van der Waals surface area contributed by atoms with E-state index in [4.69, 9.17) is 11.6 Å². The lowest BCUT2D eigenvalue weighted by Crippen LogP contribution is -2.30. The topological polar surface area (TPSA) is 17.1 Å². The van der Waals surface area contributed by atoms with Crippen LogP contribution in [0.15, 0.2) is 24.3 Å². The maximum Gasteiger partial charge on any atom is 0.221 e. The first-order valence-corrected chi connectivity index (χ1v) is 7.34. The minimum atomic E-state index is -0.164. The molecule has 0 atom stereocenters. The highest BCUT2D eigenvalue weighted by Gasteiger charge is 2.41. The molecule has 2 heteroatoms. The molecule has 0 unspecified atom stereocenters. The third-order valence-corrected chi connectivity index (χ3v) is 5.13. The molecule has 2 aliphatic rings. The van der Waals surface area contributed by atoms with Crippen LogP contribution in [0.3, 0.4) is 0 Å². The predicted octanol–water partition coefficient (Wildman–Crippen LogP) is 4.22. The van der Waals surface area contributed by atoms with E-state index < -0.39 is 0 Å². The fourth-order valence-electron chi connectivity index (χ4n) is 3.94. The Balaban J connectivity index is 1.75. The van der Waals surface area contributed by atoms with E-state index in [0.717, 1.165) is 12.8 Å². The summed E-state index contributed by atoms with van der Waals surface area (Å²) in [6.45, 7) is 0. The highest BCUT2D eigenvalue weighted by molar-refractivity contribution is 6.63. The lowest BCUT2D eigenvalue weighted by Gasteiger charge is -2.38. The highest BCUT2D eigenvalue weighted by atomic mass is 35.5. The average molecular weight is 263 g/mol. The molecule has 0 N–H and O–H groups in total. The van der Waals surface area contributed by atoms with E-state index in [1.807, 2.05) is 0 Å². The Bertz CT molecular complexity index is 458. The Hall–Kier alpha value is -0.820. The Morgan fingerprint density at radius 3 is 2.67 bits per heavy atom. The number of benzene rings is 1. The molecule has 1 aromatic carbocycles. The third kappa shape index (κ3) is 2.09. The van der Waals surface area contributed by atoms with Gasteiger partial charge in [0.2, 0.25) is 5.24 Å². The fourth-order valence-corrected chi connectivity index (χ4v) is 4.16. The van der Waals surface area contributed by atoms with Gasteiger partial charge in [0, 0.05) is 6.42 Å². The third-order valence-electron chi connectivity index (χ3n) is 4.97. The summed E-state index contributed by atoms with van der Waals surface area (Å²) in [4.78, 5) is 11.0. The maximum absolute atomic E-state index is 11.0. The second kappa shape index (κ2) is 4.70. The van der Waals surface area contributed by atoms with Gasteiger partial charge < -0.3 is 0 Å². The molecule has 1 aromatic rings. The number of hydrogen-bond acceptors (Lipinski definition) is 1. The number of rotatable bonds is 2. The van der Waals surface area contributed by atoms with Crippen molar-refractivity contribution >= 4 is 16.8 Å². The van der Waals surface area contributed by atoms with Crippen molar-refractivity contribution in [3.8, 4) is 0 Å². The van der Waals surface area contributed by atoms with Gasteiger partial charge in [0.15, 0.2) is 0 Å². The van der Waals surface area contributed by atoms with Crippen LogP contribution in [0.5, 0.6) is 0 Å². The van der Waals surface area contributed by atoms with E-state index in [0.29, 0.717) is 17.8 Å². The van der Waals surface area contributed by atoms with E-state index in [2.05, 4.69) is 24.3 Å². The molecule has 0 radical (unpaired) electrons. The summed E-state index contributed by atoms with van der Waals surface area (Å²) < 4.78 is 0. The zero-order valence-corrected chi connectivity index (χ0v) is 11.4. The molecule has 1 nitrogen and oxygen atoms in total. The molecule has 0 amide bonds. The summed E-state index contributed by atoms with van der Waals surface area (Å²) in [5.41, 5.74) is 3.55. The molecule has 0 aliphatic heterocycles. The molecule has 1 fully saturated rings. The van der Waals surface area contributed by atoms with Gasteiger partial charge in [-0.05, 0) is 72.6 Å². The van der Waals surface area contributed by atoms with Gasteiger partial charge in [-0.2, -0.15) is 0 Å². The smallest absolute Gasteiger partial charge is 0.221 e. The Morgan fingerprint density at radius 1 is 1.22 bits per heavy atom. The van der Waals surface area contributed by atoms with Crippen LogP contribution < -0.4 is 0 Å². The van der Waals surface area contributed by atoms with Crippen LogP contribution in [0.1, 0.15) is 49.7 Å². The van der Waals surface area contributed by atoms with Crippen molar-refractivity contribution in [2.45, 2.75) is 50.4 Å². The zero-order chi connectivity index (χ0) is 12.6. The first kappa shape index (κ1) is 12.2. The van der Waals surface area contributed by atoms with Gasteiger partial charge in [-0.3, -0.25) is 4.79 Å². The van der Waals surface area contributed by atoms with Gasteiger partial charge >= 0.3 is 0 Å². The fraction of sp³-hybridized carbons (Fsp3) is 0.562. The zero-order valence-electron chi connectivity index (χ0n) is 10.6. The molecule has 2 aliphatic carbocycles. The predicted molar refractivity (Wildman–Crippen MR) is 73.9 cm³/mol. The summed E-state index contributed by atoms with van der Waals surface area (Å²) >= 11 is 5.50. The number of hydrogen-bond donors (Lipinski definition) is 0. The number of carbonyl (C=O) groups is 1. The van der Waals surface area contributed by atoms with Crippen molar-refractivity contribution in [2.24, 2.45) is 5.92 Å². The first-order chi connectivity index (χ1) is 8.70. The first-order valence-electron chi connectivity index (χ1n) is 6.96. The molecule has 0 aromatic heterocycles. The van der Waals surface area contributed by atoms with E-state index >= 15 is 0 Å². The van der Waals surface area contributed by atoms with E-state index in [-0.39, 0.29) is 5.24 Å². The molecular formula is C16H19ClO. The standard InChI is InChI=1S/C16H19ClO/c17-15(18)11-12-5-8-16(9-6-12)10-7-13-3-1-2-4-14(13)16/h1-4,12H,5-11H2. The van der Waals surface area contributed by atoms with E-state index in [1.54, 1.807) is 11.1 Å². The van der Waals surface area contributed by atoms with Crippen LogP contribution >= 0.6 is 11.6 Å². The Labute approximate surface area is 114 Å². The van der Waals surface area contributed by atoms with Crippen molar-refractivity contribution in [3.63, 3.8) is 0 Å². The number of carbonyl (C=O) groups excluding carboxylic acids is 1. The van der Waals surface area contributed by atoms with Crippen LogP contribution in [0, 0.1) is 5.92 Å². The van der Waals surface area contributed by atoms with E-state index in [1.165, 1.54) is 25.7 Å². The molecular weight excluding hydrogens is 244 g/mol. The van der Waals surface area contributed by atoms with Gasteiger partial charge in [0.25, 0.3) is 0 Å². The molecule has 0 saturated heterocycles. The van der Waals surface area contributed by atoms with Crippen LogP contribution in [0.2, 0.25) is 0 Å². The average Bonchev–Trinajstić information content (AvgIpc) is 2.72. The minimum Gasteiger partial charge on any atom is -0.281 e. The lowest BCUT2D eigenvalue weighted by atomic mass is 9.67. The Morgan fingerprint density at radius 2 is 1.94 bits per heavy atom. The second-order valence-electron chi connectivity index (χ2n) is 5.94. The maximum atomic E-state index is 11.0. The monoisotopic (exact) mass is 262 g/mol. The van der Waals surface area contributed by atoms with Gasteiger partial charge in [0.1, 0.15) is 0 Å². The molecule has 0 bridgehead atoms. The Kier molecular flexibility index (Phi) is 3.19. The van der Waals surface area contributed by atoms with E-state index in [9.17, 15) is 4.79 Å². The molecule has 18 heavy (non-hydrogen) atoms. The lowest BCUT2D eigenvalue weighted by molar-refractivity contribution is -0.112. The van der Waals surface area contributed by atoms with Crippen molar-refractivity contribution in [1.29, 1.82) is 0 Å². The van der Waals surface area contributed by atoms with Crippen molar-refractivity contribution in [1.82, 2.24) is 0 Å². The van der Waals surface area contributed by atoms with Crippen LogP contribution in [-0.4, -0.2) is 5.24 Å². The summed E-state index contributed by atoms with van der Waals surface area (Å²) in [7, 11) is 0. The second-order valence-corrected chi connectivity index (χ2v) is 6.36. The normalized spacial score (nSPS) is 30.4. The summed E-state index contributed by atoms with van der Waals surface area (Å²) in [6.07, 6.45) is 7.89. The molecule has 96 valence electrons.